The highest BCUT2D eigenvalue weighted by Crippen LogP contribution is 2.30. The molecule has 0 fully saturated rings. The first kappa shape index (κ1) is 17.0. The van der Waals surface area contributed by atoms with Gasteiger partial charge in [0.1, 0.15) is 0 Å². The predicted octanol–water partition coefficient (Wildman–Crippen LogP) is 4.02. The van der Waals surface area contributed by atoms with Crippen molar-refractivity contribution in [3.05, 3.63) is 51.2 Å². The molecule has 1 amide bonds. The Morgan fingerprint density at radius 1 is 1.18 bits per heavy atom. The monoisotopic (exact) mass is 336 g/mol. The van der Waals surface area contributed by atoms with Crippen molar-refractivity contribution in [2.45, 2.75) is 32.2 Å². The van der Waals surface area contributed by atoms with Gasteiger partial charge in [-0.2, -0.15) is 0 Å². The molecule has 22 heavy (non-hydrogen) atoms. The summed E-state index contributed by atoms with van der Waals surface area (Å²) in [5, 5.41) is 6.10. The van der Waals surface area contributed by atoms with Crippen LogP contribution in [0.25, 0.3) is 0 Å². The van der Waals surface area contributed by atoms with Gasteiger partial charge in [0, 0.05) is 17.1 Å². The number of hydrogen-bond acceptors (Lipinski definition) is 3. The van der Waals surface area contributed by atoms with Crippen molar-refractivity contribution < 1.29 is 4.79 Å². The molecule has 1 aromatic heterocycles. The Morgan fingerprint density at radius 2 is 1.91 bits per heavy atom. The van der Waals surface area contributed by atoms with Gasteiger partial charge in [-0.25, -0.2) is 0 Å². The molecule has 0 bridgehead atoms. The largest absolute Gasteiger partial charge is 0.321 e. The molecule has 1 heterocycles. The highest BCUT2D eigenvalue weighted by Gasteiger charge is 2.17. The fraction of sp³-hybridized carbons (Fsp3) is 0.353. The van der Waals surface area contributed by atoms with E-state index in [1.807, 2.05) is 31.3 Å². The summed E-state index contributed by atoms with van der Waals surface area (Å²) < 4.78 is 0. The lowest BCUT2D eigenvalue weighted by Gasteiger charge is -2.08. The molecule has 3 nitrogen and oxygen atoms in total. The third kappa shape index (κ3) is 3.88. The second kappa shape index (κ2) is 7.77. The number of rotatable bonds is 4. The number of fused-ring (bicyclic) bond motifs is 1. The van der Waals surface area contributed by atoms with Crippen LogP contribution in [-0.2, 0) is 19.4 Å². The summed E-state index contributed by atoms with van der Waals surface area (Å²) in [5.74, 6) is 0.00997. The van der Waals surface area contributed by atoms with Crippen LogP contribution in [0.5, 0.6) is 0 Å². The second-order valence-corrected chi connectivity index (χ2v) is 6.58. The Balaban J connectivity index is 0.00000176. The Morgan fingerprint density at radius 3 is 2.59 bits per heavy atom. The third-order valence-electron chi connectivity index (χ3n) is 3.81. The highest BCUT2D eigenvalue weighted by atomic mass is 35.5. The highest BCUT2D eigenvalue weighted by molar-refractivity contribution is 7.14. The molecule has 0 aliphatic heterocycles. The molecule has 0 saturated carbocycles. The van der Waals surface area contributed by atoms with Crippen LogP contribution in [0, 0.1) is 0 Å². The minimum Gasteiger partial charge on any atom is -0.321 e. The first-order valence-corrected chi connectivity index (χ1v) is 8.24. The summed E-state index contributed by atoms with van der Waals surface area (Å²) in [6, 6.07) is 10.1. The van der Waals surface area contributed by atoms with Gasteiger partial charge in [0.2, 0.25) is 0 Å². The first-order chi connectivity index (χ1) is 10.3. The quantitative estimate of drug-likeness (QED) is 0.885. The molecule has 1 aromatic carbocycles. The van der Waals surface area contributed by atoms with Crippen molar-refractivity contribution >= 4 is 35.3 Å². The minimum absolute atomic E-state index is 0. The van der Waals surface area contributed by atoms with Crippen LogP contribution in [0.1, 0.15) is 38.5 Å². The average molecular weight is 337 g/mol. The van der Waals surface area contributed by atoms with E-state index in [-0.39, 0.29) is 18.3 Å². The molecule has 3 rings (SSSR count). The first-order valence-electron chi connectivity index (χ1n) is 7.43. The van der Waals surface area contributed by atoms with Gasteiger partial charge in [-0.05, 0) is 62.1 Å². The summed E-state index contributed by atoms with van der Waals surface area (Å²) in [4.78, 5) is 14.6. The lowest BCUT2D eigenvalue weighted by atomic mass is 9.99. The standard InChI is InChI=1S/C17H20N2OS.ClH/c1-18-11-12-6-8-14(9-7-12)19-17(20)16-10-13-4-2-3-5-15(13)21-16;/h6-10,18H,2-5,11H2,1H3,(H,19,20);1H. The maximum atomic E-state index is 12.3. The summed E-state index contributed by atoms with van der Waals surface area (Å²) in [7, 11) is 1.92. The molecule has 0 unspecified atom stereocenters. The van der Waals surface area contributed by atoms with Crippen LogP contribution < -0.4 is 10.6 Å². The molecule has 2 N–H and O–H groups in total. The smallest absolute Gasteiger partial charge is 0.265 e. The van der Waals surface area contributed by atoms with Crippen molar-refractivity contribution in [1.29, 1.82) is 0 Å². The SMILES string of the molecule is CNCc1ccc(NC(=O)c2cc3c(s2)CCCC3)cc1.Cl. The van der Waals surface area contributed by atoms with E-state index >= 15 is 0 Å². The van der Waals surface area contributed by atoms with Gasteiger partial charge in [-0.15, -0.1) is 23.7 Å². The third-order valence-corrected chi connectivity index (χ3v) is 5.05. The van der Waals surface area contributed by atoms with Gasteiger partial charge >= 0.3 is 0 Å². The Hall–Kier alpha value is -1.36. The van der Waals surface area contributed by atoms with Crippen LogP contribution in [0.4, 0.5) is 5.69 Å². The minimum atomic E-state index is 0. The molecular weight excluding hydrogens is 316 g/mol. The van der Waals surface area contributed by atoms with Crippen molar-refractivity contribution in [3.63, 3.8) is 0 Å². The van der Waals surface area contributed by atoms with Gasteiger partial charge < -0.3 is 10.6 Å². The van der Waals surface area contributed by atoms with Crippen molar-refractivity contribution in [1.82, 2.24) is 5.32 Å². The van der Waals surface area contributed by atoms with Crippen molar-refractivity contribution in [2.24, 2.45) is 0 Å². The lowest BCUT2D eigenvalue weighted by molar-refractivity contribution is 0.103. The number of hydrogen-bond donors (Lipinski definition) is 2. The molecule has 2 aromatic rings. The Labute approximate surface area is 141 Å². The molecule has 118 valence electrons. The van der Waals surface area contributed by atoms with Crippen molar-refractivity contribution in [3.8, 4) is 0 Å². The summed E-state index contributed by atoms with van der Waals surface area (Å²) in [5.41, 5.74) is 3.44. The number of amides is 1. The van der Waals surface area contributed by atoms with E-state index in [0.29, 0.717) is 0 Å². The number of carbonyl (C=O) groups excluding carboxylic acids is 1. The maximum absolute atomic E-state index is 12.3. The topological polar surface area (TPSA) is 41.1 Å². The van der Waals surface area contributed by atoms with Crippen LogP contribution in [0.3, 0.4) is 0 Å². The van der Waals surface area contributed by atoms with E-state index in [2.05, 4.69) is 16.7 Å². The van der Waals surface area contributed by atoms with Gasteiger partial charge in [0.15, 0.2) is 0 Å². The van der Waals surface area contributed by atoms with E-state index < -0.39 is 0 Å². The zero-order chi connectivity index (χ0) is 14.7. The molecule has 0 saturated heterocycles. The molecule has 1 aliphatic rings. The fourth-order valence-corrected chi connectivity index (χ4v) is 3.85. The fourth-order valence-electron chi connectivity index (χ4n) is 2.71. The number of aryl methyl sites for hydroxylation is 2. The lowest BCUT2D eigenvalue weighted by Crippen LogP contribution is -2.10. The Bertz CT molecular complexity index is 613. The van der Waals surface area contributed by atoms with Crippen LogP contribution in [-0.4, -0.2) is 13.0 Å². The zero-order valence-corrected chi connectivity index (χ0v) is 14.3. The molecule has 1 aliphatic carbocycles. The number of thiophene rings is 1. The van der Waals surface area contributed by atoms with Gasteiger partial charge in [0.25, 0.3) is 5.91 Å². The molecule has 0 spiro atoms. The van der Waals surface area contributed by atoms with E-state index in [9.17, 15) is 4.79 Å². The number of benzene rings is 1. The number of anilines is 1. The average Bonchev–Trinajstić information content (AvgIpc) is 2.94. The number of carbonyl (C=O) groups is 1. The summed E-state index contributed by atoms with van der Waals surface area (Å²) in [6.45, 7) is 0.839. The van der Waals surface area contributed by atoms with E-state index in [1.54, 1.807) is 11.3 Å². The van der Waals surface area contributed by atoms with Gasteiger partial charge in [-0.3, -0.25) is 4.79 Å². The normalized spacial score (nSPS) is 13.1. The van der Waals surface area contributed by atoms with Gasteiger partial charge in [-0.1, -0.05) is 12.1 Å². The Kier molecular flexibility index (Phi) is 6.00. The molecule has 0 atom stereocenters. The predicted molar refractivity (Wildman–Crippen MR) is 95.4 cm³/mol. The van der Waals surface area contributed by atoms with E-state index in [4.69, 9.17) is 0 Å². The van der Waals surface area contributed by atoms with E-state index in [0.717, 1.165) is 30.0 Å². The number of halogens is 1. The molecule has 5 heteroatoms. The van der Waals surface area contributed by atoms with Crippen LogP contribution in [0.2, 0.25) is 0 Å². The van der Waals surface area contributed by atoms with Crippen molar-refractivity contribution in [2.75, 3.05) is 12.4 Å². The molecular formula is C17H21ClN2OS. The molecule has 0 radical (unpaired) electrons. The van der Waals surface area contributed by atoms with Crippen LogP contribution in [0.15, 0.2) is 30.3 Å². The summed E-state index contributed by atoms with van der Waals surface area (Å²) >= 11 is 1.65. The van der Waals surface area contributed by atoms with Gasteiger partial charge in [0.05, 0.1) is 4.88 Å². The second-order valence-electron chi connectivity index (χ2n) is 5.45. The van der Waals surface area contributed by atoms with E-state index in [1.165, 1.54) is 28.8 Å². The zero-order valence-electron chi connectivity index (χ0n) is 12.6. The maximum Gasteiger partial charge on any atom is 0.265 e. The number of nitrogens with one attached hydrogen (secondary N) is 2. The van der Waals surface area contributed by atoms with Crippen LogP contribution >= 0.6 is 23.7 Å². The summed E-state index contributed by atoms with van der Waals surface area (Å²) in [6.07, 6.45) is 4.75.